The van der Waals surface area contributed by atoms with Crippen LogP contribution < -0.4 is 10.1 Å². The highest BCUT2D eigenvalue weighted by molar-refractivity contribution is 8.03. The summed E-state index contributed by atoms with van der Waals surface area (Å²) in [6.07, 6.45) is 1.14. The van der Waals surface area contributed by atoms with Crippen molar-refractivity contribution in [2.75, 3.05) is 12.9 Å². The van der Waals surface area contributed by atoms with Crippen molar-refractivity contribution in [1.82, 2.24) is 5.32 Å². The fourth-order valence-electron chi connectivity index (χ4n) is 4.58. The minimum Gasteiger partial charge on any atom is -0.497 e. The second kappa shape index (κ2) is 9.52. The average Bonchev–Trinajstić information content (AvgIpc) is 2.81. The Bertz CT molecular complexity index is 1230. The molecule has 0 aromatic heterocycles. The summed E-state index contributed by atoms with van der Waals surface area (Å²) in [6.45, 7) is 6.14. The first-order valence-corrected chi connectivity index (χ1v) is 12.2. The lowest BCUT2D eigenvalue weighted by Gasteiger charge is -2.39. The molecule has 6 heteroatoms. The molecule has 0 saturated heterocycles. The lowest BCUT2D eigenvalue weighted by atomic mass is 9.69. The Morgan fingerprint density at radius 3 is 2.44 bits per heavy atom. The van der Waals surface area contributed by atoms with E-state index in [1.165, 1.54) is 11.8 Å². The number of aryl methyl sites for hydroxylation is 1. The molecule has 2 aromatic carbocycles. The van der Waals surface area contributed by atoms with E-state index in [4.69, 9.17) is 4.74 Å². The first kappa shape index (κ1) is 23.8. The molecule has 1 N–H and O–H groups in total. The van der Waals surface area contributed by atoms with Crippen LogP contribution >= 0.6 is 11.8 Å². The Hall–Kier alpha value is -3.30. The molecule has 0 amide bonds. The van der Waals surface area contributed by atoms with Crippen molar-refractivity contribution in [3.8, 4) is 11.8 Å². The fourth-order valence-corrected chi connectivity index (χ4v) is 5.54. The van der Waals surface area contributed by atoms with Gasteiger partial charge in [0.25, 0.3) is 0 Å². The van der Waals surface area contributed by atoms with Crippen molar-refractivity contribution in [2.24, 2.45) is 5.41 Å². The smallest absolute Gasteiger partial charge is 0.173 e. The third kappa shape index (κ3) is 4.80. The van der Waals surface area contributed by atoms with Crippen molar-refractivity contribution in [3.63, 3.8) is 0 Å². The lowest BCUT2D eigenvalue weighted by Crippen LogP contribution is -2.37. The van der Waals surface area contributed by atoms with Gasteiger partial charge in [-0.25, -0.2) is 0 Å². The van der Waals surface area contributed by atoms with Crippen LogP contribution in [0.5, 0.6) is 5.75 Å². The van der Waals surface area contributed by atoms with Crippen LogP contribution in [-0.2, 0) is 4.79 Å². The minimum atomic E-state index is -0.465. The third-order valence-electron chi connectivity index (χ3n) is 6.30. The van der Waals surface area contributed by atoms with E-state index >= 15 is 0 Å². The van der Waals surface area contributed by atoms with Gasteiger partial charge in [-0.05, 0) is 36.5 Å². The van der Waals surface area contributed by atoms with E-state index in [-0.39, 0.29) is 22.7 Å². The number of carbonyl (C=O) groups excluding carboxylic acids is 2. The molecule has 0 bridgehead atoms. The number of ketones is 2. The van der Waals surface area contributed by atoms with E-state index in [1.54, 1.807) is 7.11 Å². The quantitative estimate of drug-likeness (QED) is 0.545. The van der Waals surface area contributed by atoms with Gasteiger partial charge in [0.1, 0.15) is 5.75 Å². The number of benzene rings is 2. The van der Waals surface area contributed by atoms with Gasteiger partial charge in [0, 0.05) is 23.3 Å². The van der Waals surface area contributed by atoms with Gasteiger partial charge in [-0.1, -0.05) is 67.6 Å². The summed E-state index contributed by atoms with van der Waals surface area (Å²) < 4.78 is 5.29. The molecule has 1 heterocycles. The van der Waals surface area contributed by atoms with Gasteiger partial charge in [0.15, 0.2) is 11.6 Å². The topological polar surface area (TPSA) is 79.2 Å². The van der Waals surface area contributed by atoms with Gasteiger partial charge in [-0.2, -0.15) is 5.26 Å². The highest BCUT2D eigenvalue weighted by Gasteiger charge is 2.42. The van der Waals surface area contributed by atoms with Crippen LogP contribution in [0.4, 0.5) is 0 Å². The molecule has 1 atom stereocenters. The molecule has 0 saturated carbocycles. The number of nitrogens with one attached hydrogen (secondary N) is 1. The second-order valence-electron chi connectivity index (χ2n) is 9.60. The van der Waals surface area contributed by atoms with E-state index in [9.17, 15) is 14.9 Å². The largest absolute Gasteiger partial charge is 0.497 e. The Kier molecular flexibility index (Phi) is 6.67. The van der Waals surface area contributed by atoms with E-state index in [0.717, 1.165) is 16.8 Å². The van der Waals surface area contributed by atoms with Crippen LogP contribution in [0.15, 0.2) is 70.4 Å². The summed E-state index contributed by atoms with van der Waals surface area (Å²) in [5.74, 6) is 0.507. The summed E-state index contributed by atoms with van der Waals surface area (Å²) in [5, 5.41) is 14.2. The van der Waals surface area contributed by atoms with Crippen molar-refractivity contribution >= 4 is 23.3 Å². The van der Waals surface area contributed by atoms with Gasteiger partial charge in [0.05, 0.1) is 35.5 Å². The van der Waals surface area contributed by atoms with Crippen LogP contribution in [0.1, 0.15) is 54.1 Å². The molecular weight excluding hydrogens is 444 g/mol. The number of allylic oxidation sites excluding steroid dienone is 3. The summed E-state index contributed by atoms with van der Waals surface area (Å²) in [5.41, 5.74) is 4.42. The molecular formula is C28H28N2O3S. The van der Waals surface area contributed by atoms with Gasteiger partial charge in [-0.15, -0.1) is 0 Å². The number of Topliss-reactive ketones (excluding diaryl/α,β-unsaturated/α-hetero) is 2. The first-order valence-electron chi connectivity index (χ1n) is 11.3. The summed E-state index contributed by atoms with van der Waals surface area (Å²) >= 11 is 1.33. The van der Waals surface area contributed by atoms with Gasteiger partial charge in [0.2, 0.25) is 0 Å². The summed E-state index contributed by atoms with van der Waals surface area (Å²) in [7, 11) is 1.60. The van der Waals surface area contributed by atoms with E-state index < -0.39 is 5.92 Å². The molecule has 0 fully saturated rings. The van der Waals surface area contributed by atoms with Crippen molar-refractivity contribution in [2.45, 2.75) is 39.5 Å². The molecule has 174 valence electrons. The first-order chi connectivity index (χ1) is 16.2. The second-order valence-corrected chi connectivity index (χ2v) is 10.6. The molecule has 1 aliphatic carbocycles. The van der Waals surface area contributed by atoms with E-state index in [2.05, 4.69) is 25.2 Å². The Morgan fingerprint density at radius 1 is 1.15 bits per heavy atom. The van der Waals surface area contributed by atoms with Crippen molar-refractivity contribution in [3.05, 3.63) is 87.1 Å². The van der Waals surface area contributed by atoms with Crippen molar-refractivity contribution < 1.29 is 14.3 Å². The Labute approximate surface area is 204 Å². The number of nitriles is 1. The van der Waals surface area contributed by atoms with E-state index in [0.29, 0.717) is 40.3 Å². The molecule has 5 nitrogen and oxygen atoms in total. The lowest BCUT2D eigenvalue weighted by molar-refractivity contribution is -0.118. The van der Waals surface area contributed by atoms with Gasteiger partial charge in [-0.3, -0.25) is 9.59 Å². The van der Waals surface area contributed by atoms with Gasteiger partial charge < -0.3 is 10.1 Å². The number of ether oxygens (including phenoxy) is 1. The predicted octanol–water partition coefficient (Wildman–Crippen LogP) is 5.68. The molecule has 1 aliphatic heterocycles. The Morgan fingerprint density at radius 2 is 1.82 bits per heavy atom. The zero-order valence-electron chi connectivity index (χ0n) is 19.9. The summed E-state index contributed by atoms with van der Waals surface area (Å²) in [4.78, 5) is 26.1. The molecule has 34 heavy (non-hydrogen) atoms. The van der Waals surface area contributed by atoms with Gasteiger partial charge >= 0.3 is 0 Å². The minimum absolute atomic E-state index is 0.00239. The zero-order chi connectivity index (χ0) is 24.5. The normalized spacial score (nSPS) is 19.3. The fraction of sp³-hybridized carbons (Fsp3) is 0.321. The highest BCUT2D eigenvalue weighted by atomic mass is 32.2. The maximum atomic E-state index is 13.3. The number of hydrogen-bond donors (Lipinski definition) is 1. The number of rotatable bonds is 6. The van der Waals surface area contributed by atoms with Crippen LogP contribution in [0.3, 0.4) is 0 Å². The number of methoxy groups -OCH3 is 1. The number of hydrogen-bond acceptors (Lipinski definition) is 6. The predicted molar refractivity (Wildman–Crippen MR) is 135 cm³/mol. The standard InChI is InChI=1S/C28H28N2O3S/c1-17-5-7-18(8-6-17)24(32)16-34-27-21(15-29)25(19-9-11-20(33-4)12-10-19)26-22(30-27)13-28(2,3)14-23(26)31/h5-12,25,30H,13-14,16H2,1-4H3. The van der Waals surface area contributed by atoms with Crippen LogP contribution in [0.25, 0.3) is 0 Å². The van der Waals surface area contributed by atoms with Crippen molar-refractivity contribution in [1.29, 1.82) is 5.26 Å². The van der Waals surface area contributed by atoms with Crippen LogP contribution in [-0.4, -0.2) is 24.4 Å². The third-order valence-corrected chi connectivity index (χ3v) is 7.31. The zero-order valence-corrected chi connectivity index (χ0v) is 20.7. The highest BCUT2D eigenvalue weighted by Crippen LogP contribution is 2.48. The molecule has 2 aliphatic rings. The maximum absolute atomic E-state index is 13.3. The molecule has 0 spiro atoms. The molecule has 1 unspecified atom stereocenters. The Balaban J connectivity index is 1.71. The molecule has 4 rings (SSSR count). The molecule has 2 aromatic rings. The van der Waals surface area contributed by atoms with E-state index in [1.807, 2.05) is 55.5 Å². The number of carbonyl (C=O) groups is 2. The SMILES string of the molecule is COc1ccc(C2C(C#N)=C(SCC(=O)c3ccc(C)cc3)NC3=C2C(=O)CC(C)(C)C3)cc1. The average molecular weight is 473 g/mol. The van der Waals surface area contributed by atoms with Crippen LogP contribution in [0.2, 0.25) is 0 Å². The number of nitrogens with zero attached hydrogens (tertiary/aromatic N) is 1. The number of dihydropyridines is 1. The summed E-state index contributed by atoms with van der Waals surface area (Å²) in [6, 6.07) is 17.3. The number of thioether (sulfide) groups is 1. The molecule has 0 radical (unpaired) electrons. The monoisotopic (exact) mass is 472 g/mol. The van der Waals surface area contributed by atoms with Crippen LogP contribution in [0, 0.1) is 23.7 Å². The maximum Gasteiger partial charge on any atom is 0.173 e.